The van der Waals surface area contributed by atoms with E-state index in [-0.39, 0.29) is 12.3 Å². The van der Waals surface area contributed by atoms with Gasteiger partial charge in [-0.25, -0.2) is 4.98 Å². The topological polar surface area (TPSA) is 63.7 Å². The van der Waals surface area contributed by atoms with Crippen molar-refractivity contribution in [2.75, 3.05) is 38.0 Å². The van der Waals surface area contributed by atoms with E-state index in [2.05, 4.69) is 22.1 Å². The molecule has 0 aliphatic heterocycles. The van der Waals surface area contributed by atoms with Crippen LogP contribution < -0.4 is 19.7 Å². The number of unbranched alkanes of at least 4 members (excludes halogenated alkanes) is 1. The number of anilines is 2. The summed E-state index contributed by atoms with van der Waals surface area (Å²) in [5, 5.41) is 2.83. The summed E-state index contributed by atoms with van der Waals surface area (Å²) in [6, 6.07) is 9.23. The number of benzene rings is 1. The predicted molar refractivity (Wildman–Crippen MR) is 104 cm³/mol. The van der Waals surface area contributed by atoms with E-state index >= 15 is 0 Å². The average molecular weight is 357 g/mol. The van der Waals surface area contributed by atoms with Crippen molar-refractivity contribution in [1.29, 1.82) is 0 Å². The molecule has 0 bridgehead atoms. The molecule has 0 unspecified atom stereocenters. The van der Waals surface area contributed by atoms with Crippen LogP contribution >= 0.6 is 0 Å². The van der Waals surface area contributed by atoms with E-state index in [0.29, 0.717) is 17.3 Å². The number of methoxy groups -OCH3 is 2. The third-order valence-corrected chi connectivity index (χ3v) is 4.12. The fourth-order valence-corrected chi connectivity index (χ4v) is 2.57. The SMILES string of the molecule is CCCCN(C)c1ccc(NC(=O)Cc2ccc(OC)c(OC)c2)nc1. The summed E-state index contributed by atoms with van der Waals surface area (Å²) >= 11 is 0. The molecule has 0 spiro atoms. The lowest BCUT2D eigenvalue weighted by Crippen LogP contribution is -2.19. The number of carbonyl (C=O) groups is 1. The summed E-state index contributed by atoms with van der Waals surface area (Å²) in [4.78, 5) is 18.8. The van der Waals surface area contributed by atoms with Gasteiger partial charge in [0.1, 0.15) is 5.82 Å². The van der Waals surface area contributed by atoms with Crippen LogP contribution in [0, 0.1) is 0 Å². The number of nitrogens with one attached hydrogen (secondary N) is 1. The fourth-order valence-electron chi connectivity index (χ4n) is 2.57. The van der Waals surface area contributed by atoms with Crippen molar-refractivity contribution in [2.45, 2.75) is 26.2 Å². The molecule has 1 aromatic heterocycles. The maximum Gasteiger partial charge on any atom is 0.229 e. The highest BCUT2D eigenvalue weighted by Gasteiger charge is 2.09. The molecule has 2 rings (SSSR count). The summed E-state index contributed by atoms with van der Waals surface area (Å²) in [6.45, 7) is 3.16. The first-order chi connectivity index (χ1) is 12.6. The van der Waals surface area contributed by atoms with E-state index < -0.39 is 0 Å². The van der Waals surface area contributed by atoms with Gasteiger partial charge in [-0.3, -0.25) is 4.79 Å². The minimum atomic E-state index is -0.128. The number of aromatic nitrogens is 1. The van der Waals surface area contributed by atoms with E-state index in [4.69, 9.17) is 9.47 Å². The maximum atomic E-state index is 12.3. The van der Waals surface area contributed by atoms with Gasteiger partial charge in [-0.1, -0.05) is 19.4 Å². The number of carbonyl (C=O) groups excluding carboxylic acids is 1. The molecule has 1 aromatic carbocycles. The molecule has 0 atom stereocenters. The largest absolute Gasteiger partial charge is 0.493 e. The van der Waals surface area contributed by atoms with Crippen molar-refractivity contribution >= 4 is 17.4 Å². The van der Waals surface area contributed by atoms with Gasteiger partial charge in [0.25, 0.3) is 0 Å². The second-order valence-electron chi connectivity index (χ2n) is 6.09. The Kier molecular flexibility index (Phi) is 7.26. The predicted octanol–water partition coefficient (Wildman–Crippen LogP) is 3.52. The summed E-state index contributed by atoms with van der Waals surface area (Å²) in [6.07, 6.45) is 4.31. The van der Waals surface area contributed by atoms with Crippen LogP contribution in [0.5, 0.6) is 11.5 Å². The van der Waals surface area contributed by atoms with Crippen molar-refractivity contribution in [3.63, 3.8) is 0 Å². The molecule has 2 aromatic rings. The van der Waals surface area contributed by atoms with Gasteiger partial charge < -0.3 is 19.7 Å². The summed E-state index contributed by atoms with van der Waals surface area (Å²) < 4.78 is 10.5. The summed E-state index contributed by atoms with van der Waals surface area (Å²) in [5.74, 6) is 1.66. The molecule has 0 aliphatic rings. The van der Waals surface area contributed by atoms with Crippen LogP contribution in [0.1, 0.15) is 25.3 Å². The number of ether oxygens (including phenoxy) is 2. The number of amides is 1. The number of pyridine rings is 1. The molecule has 140 valence electrons. The molecule has 0 aliphatic carbocycles. The zero-order valence-electron chi connectivity index (χ0n) is 15.9. The number of hydrogen-bond acceptors (Lipinski definition) is 5. The molecule has 26 heavy (non-hydrogen) atoms. The van der Waals surface area contributed by atoms with Crippen molar-refractivity contribution in [3.8, 4) is 11.5 Å². The number of hydrogen-bond donors (Lipinski definition) is 1. The van der Waals surface area contributed by atoms with E-state index in [1.54, 1.807) is 32.5 Å². The molecule has 1 N–H and O–H groups in total. The van der Waals surface area contributed by atoms with Crippen molar-refractivity contribution in [2.24, 2.45) is 0 Å². The van der Waals surface area contributed by atoms with Crippen molar-refractivity contribution in [3.05, 3.63) is 42.1 Å². The minimum absolute atomic E-state index is 0.128. The maximum absolute atomic E-state index is 12.3. The van der Waals surface area contributed by atoms with E-state index in [9.17, 15) is 4.79 Å². The Labute approximate surface area is 155 Å². The first kappa shape index (κ1) is 19.6. The van der Waals surface area contributed by atoms with Crippen LogP contribution in [-0.4, -0.2) is 38.7 Å². The molecular formula is C20H27N3O3. The van der Waals surface area contributed by atoms with E-state index in [1.165, 1.54) is 0 Å². The molecule has 1 amide bonds. The van der Waals surface area contributed by atoms with Crippen molar-refractivity contribution < 1.29 is 14.3 Å². The zero-order chi connectivity index (χ0) is 18.9. The molecule has 6 heteroatoms. The highest BCUT2D eigenvalue weighted by atomic mass is 16.5. The first-order valence-corrected chi connectivity index (χ1v) is 8.75. The Hall–Kier alpha value is -2.76. The van der Waals surface area contributed by atoms with Gasteiger partial charge in [0.05, 0.1) is 32.5 Å². The first-order valence-electron chi connectivity index (χ1n) is 8.75. The van der Waals surface area contributed by atoms with E-state index in [0.717, 1.165) is 30.6 Å². The highest BCUT2D eigenvalue weighted by molar-refractivity contribution is 5.91. The quantitative estimate of drug-likeness (QED) is 0.744. The van der Waals surface area contributed by atoms with Gasteiger partial charge in [-0.15, -0.1) is 0 Å². The van der Waals surface area contributed by atoms with Gasteiger partial charge >= 0.3 is 0 Å². The van der Waals surface area contributed by atoms with Gasteiger partial charge in [-0.2, -0.15) is 0 Å². The van der Waals surface area contributed by atoms with Crippen LogP contribution in [0.3, 0.4) is 0 Å². The van der Waals surface area contributed by atoms with Crippen LogP contribution in [0.15, 0.2) is 36.5 Å². The Bertz CT molecular complexity index is 717. The van der Waals surface area contributed by atoms with Gasteiger partial charge in [0.2, 0.25) is 5.91 Å². The Balaban J connectivity index is 1.95. The third-order valence-electron chi connectivity index (χ3n) is 4.12. The van der Waals surface area contributed by atoms with Gasteiger partial charge in [0, 0.05) is 13.6 Å². The van der Waals surface area contributed by atoms with E-state index in [1.807, 2.05) is 25.2 Å². The lowest BCUT2D eigenvalue weighted by molar-refractivity contribution is -0.115. The van der Waals surface area contributed by atoms with Crippen LogP contribution in [0.2, 0.25) is 0 Å². The molecule has 0 radical (unpaired) electrons. The normalized spacial score (nSPS) is 10.3. The summed E-state index contributed by atoms with van der Waals surface area (Å²) in [5.41, 5.74) is 1.88. The van der Waals surface area contributed by atoms with Gasteiger partial charge in [0.15, 0.2) is 11.5 Å². The highest BCUT2D eigenvalue weighted by Crippen LogP contribution is 2.27. The molecular weight excluding hydrogens is 330 g/mol. The number of rotatable bonds is 9. The lowest BCUT2D eigenvalue weighted by atomic mass is 10.1. The smallest absolute Gasteiger partial charge is 0.229 e. The van der Waals surface area contributed by atoms with Crippen molar-refractivity contribution in [1.82, 2.24) is 4.98 Å². The third kappa shape index (κ3) is 5.37. The molecule has 0 fully saturated rings. The Morgan fingerprint density at radius 3 is 2.54 bits per heavy atom. The minimum Gasteiger partial charge on any atom is -0.493 e. The number of nitrogens with zero attached hydrogens (tertiary/aromatic N) is 2. The fraction of sp³-hybridized carbons (Fsp3) is 0.400. The Morgan fingerprint density at radius 2 is 1.92 bits per heavy atom. The summed E-state index contributed by atoms with van der Waals surface area (Å²) in [7, 11) is 5.20. The molecule has 1 heterocycles. The molecule has 0 saturated heterocycles. The second kappa shape index (κ2) is 9.65. The standard InChI is InChI=1S/C20H27N3O3/c1-5-6-11-23(2)16-8-10-19(21-14-16)22-20(24)13-15-7-9-17(25-3)18(12-15)26-4/h7-10,12,14H,5-6,11,13H2,1-4H3,(H,21,22,24). The second-order valence-corrected chi connectivity index (χ2v) is 6.09. The monoisotopic (exact) mass is 357 g/mol. The van der Waals surface area contributed by atoms with Crippen LogP contribution in [-0.2, 0) is 11.2 Å². The molecule has 6 nitrogen and oxygen atoms in total. The average Bonchev–Trinajstić information content (AvgIpc) is 2.66. The van der Waals surface area contributed by atoms with Gasteiger partial charge in [-0.05, 0) is 36.2 Å². The Morgan fingerprint density at radius 1 is 1.15 bits per heavy atom. The van der Waals surface area contributed by atoms with Crippen LogP contribution in [0.4, 0.5) is 11.5 Å². The zero-order valence-corrected chi connectivity index (χ0v) is 15.9. The lowest BCUT2D eigenvalue weighted by Gasteiger charge is -2.18. The van der Waals surface area contributed by atoms with Crippen LogP contribution in [0.25, 0.3) is 0 Å². The molecule has 0 saturated carbocycles.